The Labute approximate surface area is 113 Å². The molecule has 0 aromatic rings. The van der Waals surface area contributed by atoms with Gasteiger partial charge in [0.1, 0.15) is 0 Å². The predicted octanol–water partition coefficient (Wildman–Crippen LogP) is 1.50. The molecule has 1 saturated heterocycles. The van der Waals surface area contributed by atoms with E-state index in [0.717, 1.165) is 19.3 Å². The van der Waals surface area contributed by atoms with Crippen molar-refractivity contribution < 1.29 is 19.4 Å². The molecule has 0 aliphatic carbocycles. The standard InChI is InChI=1S/C13H24N2O4/c1-4-12(5-2,6-3)14-11(18)15-13(10(16)17)7-8-19-9-13/h4-9H2,1-3H3,(H,16,17)(H2,14,15,18). The van der Waals surface area contributed by atoms with E-state index in [2.05, 4.69) is 10.6 Å². The second kappa shape index (κ2) is 6.23. The molecule has 0 spiro atoms. The molecule has 2 amide bonds. The highest BCUT2D eigenvalue weighted by Crippen LogP contribution is 2.21. The first-order valence-corrected chi connectivity index (χ1v) is 6.85. The number of amides is 2. The van der Waals surface area contributed by atoms with Crippen molar-refractivity contribution in [1.82, 2.24) is 10.6 Å². The summed E-state index contributed by atoms with van der Waals surface area (Å²) in [6, 6.07) is -0.432. The number of nitrogens with one attached hydrogen (secondary N) is 2. The van der Waals surface area contributed by atoms with Crippen LogP contribution in [0.5, 0.6) is 0 Å². The van der Waals surface area contributed by atoms with Gasteiger partial charge in [0.05, 0.1) is 6.61 Å². The van der Waals surface area contributed by atoms with E-state index in [1.54, 1.807) is 0 Å². The van der Waals surface area contributed by atoms with E-state index in [9.17, 15) is 14.7 Å². The highest BCUT2D eigenvalue weighted by molar-refractivity contribution is 5.87. The van der Waals surface area contributed by atoms with Crippen LogP contribution in [-0.2, 0) is 9.53 Å². The minimum absolute atomic E-state index is 0.0210. The summed E-state index contributed by atoms with van der Waals surface area (Å²) in [5.74, 6) is -1.05. The van der Waals surface area contributed by atoms with Crippen molar-refractivity contribution in [3.8, 4) is 0 Å². The smallest absolute Gasteiger partial charge is 0.332 e. The molecule has 1 unspecified atom stereocenters. The number of hydrogen-bond acceptors (Lipinski definition) is 3. The van der Waals surface area contributed by atoms with Crippen LogP contribution in [0.15, 0.2) is 0 Å². The van der Waals surface area contributed by atoms with E-state index in [4.69, 9.17) is 4.74 Å². The highest BCUT2D eigenvalue weighted by Gasteiger charge is 2.44. The van der Waals surface area contributed by atoms with Gasteiger partial charge in [-0.05, 0) is 19.3 Å². The summed E-state index contributed by atoms with van der Waals surface area (Å²) in [7, 11) is 0. The van der Waals surface area contributed by atoms with E-state index >= 15 is 0 Å². The first-order valence-electron chi connectivity index (χ1n) is 6.85. The molecule has 0 radical (unpaired) electrons. The molecule has 1 aliphatic rings. The Balaban J connectivity index is 2.71. The normalized spacial score (nSPS) is 23.1. The second-order valence-corrected chi connectivity index (χ2v) is 5.11. The lowest BCUT2D eigenvalue weighted by Gasteiger charge is -2.33. The van der Waals surface area contributed by atoms with Crippen LogP contribution in [0.25, 0.3) is 0 Å². The molecule has 1 aliphatic heterocycles. The van der Waals surface area contributed by atoms with Crippen LogP contribution in [0.2, 0.25) is 0 Å². The first kappa shape index (κ1) is 15.8. The third kappa shape index (κ3) is 3.37. The van der Waals surface area contributed by atoms with Gasteiger partial charge < -0.3 is 20.5 Å². The van der Waals surface area contributed by atoms with Crippen molar-refractivity contribution in [3.05, 3.63) is 0 Å². The van der Waals surface area contributed by atoms with Crippen molar-refractivity contribution in [1.29, 1.82) is 0 Å². The molecule has 0 aromatic carbocycles. The van der Waals surface area contributed by atoms with Crippen molar-refractivity contribution in [2.45, 2.75) is 57.5 Å². The van der Waals surface area contributed by atoms with Gasteiger partial charge in [0.15, 0.2) is 5.54 Å². The molecule has 110 valence electrons. The summed E-state index contributed by atoms with van der Waals surface area (Å²) in [6.45, 7) is 6.41. The second-order valence-electron chi connectivity index (χ2n) is 5.11. The van der Waals surface area contributed by atoms with Gasteiger partial charge in [0.25, 0.3) is 0 Å². The Kier molecular flexibility index (Phi) is 5.17. The molecule has 0 bridgehead atoms. The lowest BCUT2D eigenvalue weighted by Crippen LogP contribution is -2.61. The number of carbonyl (C=O) groups excluding carboxylic acids is 1. The minimum Gasteiger partial charge on any atom is -0.479 e. The average Bonchev–Trinajstić information content (AvgIpc) is 2.86. The van der Waals surface area contributed by atoms with Crippen molar-refractivity contribution >= 4 is 12.0 Å². The number of hydrogen-bond donors (Lipinski definition) is 3. The third-order valence-corrected chi connectivity index (χ3v) is 4.19. The summed E-state index contributed by atoms with van der Waals surface area (Å²) in [5, 5.41) is 14.8. The molecule has 1 fully saturated rings. The van der Waals surface area contributed by atoms with Crippen LogP contribution in [0.3, 0.4) is 0 Å². The molecule has 1 rings (SSSR count). The maximum atomic E-state index is 12.1. The summed E-state index contributed by atoms with van der Waals surface area (Å²) < 4.78 is 5.11. The van der Waals surface area contributed by atoms with Crippen LogP contribution in [0.1, 0.15) is 46.5 Å². The molecular formula is C13H24N2O4. The molecule has 1 atom stereocenters. The van der Waals surface area contributed by atoms with E-state index in [0.29, 0.717) is 13.0 Å². The quantitative estimate of drug-likeness (QED) is 0.683. The van der Waals surface area contributed by atoms with Gasteiger partial charge in [-0.3, -0.25) is 0 Å². The largest absolute Gasteiger partial charge is 0.479 e. The van der Waals surface area contributed by atoms with Gasteiger partial charge in [-0.2, -0.15) is 0 Å². The number of aliphatic carboxylic acids is 1. The zero-order valence-electron chi connectivity index (χ0n) is 11.9. The van der Waals surface area contributed by atoms with Crippen LogP contribution in [-0.4, -0.2) is 41.4 Å². The summed E-state index contributed by atoms with van der Waals surface area (Å²) in [6.07, 6.45) is 2.73. The SMILES string of the molecule is CCC(CC)(CC)NC(=O)NC1(C(=O)O)CCOC1. The van der Waals surface area contributed by atoms with E-state index < -0.39 is 17.5 Å². The Morgan fingerprint density at radius 1 is 1.26 bits per heavy atom. The van der Waals surface area contributed by atoms with E-state index in [1.807, 2.05) is 20.8 Å². The molecule has 0 saturated carbocycles. The molecule has 6 nitrogen and oxygen atoms in total. The number of carbonyl (C=O) groups is 2. The minimum atomic E-state index is -1.29. The Morgan fingerprint density at radius 3 is 2.21 bits per heavy atom. The number of carboxylic acids is 1. The van der Waals surface area contributed by atoms with Gasteiger partial charge >= 0.3 is 12.0 Å². The monoisotopic (exact) mass is 272 g/mol. The number of urea groups is 1. The summed E-state index contributed by atoms with van der Waals surface area (Å²) in [5.41, 5.74) is -1.56. The van der Waals surface area contributed by atoms with Gasteiger partial charge in [0, 0.05) is 18.6 Å². The first-order chi connectivity index (χ1) is 8.93. The van der Waals surface area contributed by atoms with Gasteiger partial charge in [-0.25, -0.2) is 9.59 Å². The van der Waals surface area contributed by atoms with Gasteiger partial charge in [0.2, 0.25) is 0 Å². The van der Waals surface area contributed by atoms with Crippen molar-refractivity contribution in [2.24, 2.45) is 0 Å². The summed E-state index contributed by atoms with van der Waals surface area (Å²) in [4.78, 5) is 23.4. The number of carboxylic acid groups (broad SMARTS) is 1. The van der Waals surface area contributed by atoms with Crippen LogP contribution in [0, 0.1) is 0 Å². The fourth-order valence-electron chi connectivity index (χ4n) is 2.39. The fraction of sp³-hybridized carbons (Fsp3) is 0.846. The molecular weight excluding hydrogens is 248 g/mol. The van der Waals surface area contributed by atoms with E-state index in [-0.39, 0.29) is 12.1 Å². The topological polar surface area (TPSA) is 87.7 Å². The lowest BCUT2D eigenvalue weighted by atomic mass is 9.90. The van der Waals surface area contributed by atoms with Crippen molar-refractivity contribution in [3.63, 3.8) is 0 Å². The average molecular weight is 272 g/mol. The Hall–Kier alpha value is -1.30. The van der Waals surface area contributed by atoms with Gasteiger partial charge in [-0.1, -0.05) is 20.8 Å². The Bertz CT molecular complexity index is 325. The number of ether oxygens (including phenoxy) is 1. The number of rotatable bonds is 6. The lowest BCUT2D eigenvalue weighted by molar-refractivity contribution is -0.144. The molecule has 0 aromatic heterocycles. The molecule has 3 N–H and O–H groups in total. The third-order valence-electron chi connectivity index (χ3n) is 4.19. The van der Waals surface area contributed by atoms with Crippen LogP contribution >= 0.6 is 0 Å². The predicted molar refractivity (Wildman–Crippen MR) is 71.1 cm³/mol. The zero-order chi connectivity index (χ0) is 14.5. The maximum Gasteiger partial charge on any atom is 0.332 e. The Morgan fingerprint density at radius 2 is 1.84 bits per heavy atom. The molecule has 6 heteroatoms. The van der Waals surface area contributed by atoms with Crippen LogP contribution in [0.4, 0.5) is 4.79 Å². The van der Waals surface area contributed by atoms with E-state index in [1.165, 1.54) is 0 Å². The van der Waals surface area contributed by atoms with Gasteiger partial charge in [-0.15, -0.1) is 0 Å². The summed E-state index contributed by atoms with van der Waals surface area (Å²) >= 11 is 0. The van der Waals surface area contributed by atoms with Crippen molar-refractivity contribution in [2.75, 3.05) is 13.2 Å². The fourth-order valence-corrected chi connectivity index (χ4v) is 2.39. The maximum absolute atomic E-state index is 12.1. The molecule has 19 heavy (non-hydrogen) atoms. The molecule has 1 heterocycles. The van der Waals surface area contributed by atoms with Crippen LogP contribution < -0.4 is 10.6 Å². The zero-order valence-corrected chi connectivity index (χ0v) is 11.9. The highest BCUT2D eigenvalue weighted by atomic mass is 16.5.